The summed E-state index contributed by atoms with van der Waals surface area (Å²) in [5.41, 5.74) is 6.96. The number of carbonyl (C=O) groups is 1. The molecular formula is C22H27NO4. The van der Waals surface area contributed by atoms with Crippen LogP contribution in [0.1, 0.15) is 48.9 Å². The van der Waals surface area contributed by atoms with E-state index in [1.807, 2.05) is 30.3 Å². The Morgan fingerprint density at radius 1 is 0.963 bits per heavy atom. The van der Waals surface area contributed by atoms with Crippen LogP contribution in [0.5, 0.6) is 11.5 Å². The molecule has 0 bridgehead atoms. The van der Waals surface area contributed by atoms with Gasteiger partial charge in [0.2, 0.25) is 0 Å². The number of hydrogen-bond donors (Lipinski definition) is 1. The normalized spacial score (nSPS) is 14.5. The monoisotopic (exact) mass is 369 g/mol. The van der Waals surface area contributed by atoms with E-state index in [2.05, 4.69) is 0 Å². The van der Waals surface area contributed by atoms with Crippen molar-refractivity contribution in [2.24, 2.45) is 0 Å². The van der Waals surface area contributed by atoms with E-state index in [9.17, 15) is 4.79 Å². The maximum atomic E-state index is 12.4. The molecule has 0 aromatic heterocycles. The molecule has 0 saturated heterocycles. The van der Waals surface area contributed by atoms with Gasteiger partial charge in [0.1, 0.15) is 17.6 Å². The Bertz CT molecular complexity index is 726. The highest BCUT2D eigenvalue weighted by Crippen LogP contribution is 2.25. The molecular weight excluding hydrogens is 342 g/mol. The third kappa shape index (κ3) is 5.91. The molecule has 0 amide bonds. The van der Waals surface area contributed by atoms with Crippen LogP contribution >= 0.6 is 0 Å². The second kappa shape index (κ2) is 9.86. The fourth-order valence-corrected chi connectivity index (χ4v) is 3.14. The molecule has 1 aliphatic rings. The molecule has 2 aromatic rings. The fourth-order valence-electron chi connectivity index (χ4n) is 3.14. The van der Waals surface area contributed by atoms with Gasteiger partial charge in [-0.1, -0.05) is 24.6 Å². The van der Waals surface area contributed by atoms with Crippen molar-refractivity contribution in [3.8, 4) is 11.5 Å². The zero-order valence-electron chi connectivity index (χ0n) is 15.6. The number of nitrogen functional groups attached to an aromatic ring is 1. The number of hydrogen-bond acceptors (Lipinski definition) is 5. The van der Waals surface area contributed by atoms with Crippen LogP contribution in [-0.2, 0) is 4.74 Å². The molecule has 3 rings (SSSR count). The van der Waals surface area contributed by atoms with Gasteiger partial charge < -0.3 is 19.9 Å². The Balaban J connectivity index is 1.47. The van der Waals surface area contributed by atoms with Crippen molar-refractivity contribution in [3.63, 3.8) is 0 Å². The van der Waals surface area contributed by atoms with Gasteiger partial charge in [-0.2, -0.15) is 0 Å². The second-order valence-electron chi connectivity index (χ2n) is 6.78. The molecule has 5 nitrogen and oxygen atoms in total. The van der Waals surface area contributed by atoms with E-state index >= 15 is 0 Å². The minimum atomic E-state index is -0.306. The van der Waals surface area contributed by atoms with Gasteiger partial charge >= 0.3 is 5.97 Å². The minimum Gasteiger partial charge on any atom is -0.493 e. The maximum Gasteiger partial charge on any atom is 0.338 e. The number of nitrogens with two attached hydrogens (primary N) is 1. The Kier molecular flexibility index (Phi) is 6.97. The third-order valence-electron chi connectivity index (χ3n) is 4.63. The lowest BCUT2D eigenvalue weighted by Gasteiger charge is -2.22. The summed E-state index contributed by atoms with van der Waals surface area (Å²) in [7, 11) is 0. The molecule has 1 aliphatic carbocycles. The molecule has 1 saturated carbocycles. The summed E-state index contributed by atoms with van der Waals surface area (Å²) in [5, 5.41) is 0. The topological polar surface area (TPSA) is 70.8 Å². The second-order valence-corrected chi connectivity index (χ2v) is 6.78. The smallest absolute Gasteiger partial charge is 0.338 e. The zero-order chi connectivity index (χ0) is 18.9. The predicted molar refractivity (Wildman–Crippen MR) is 105 cm³/mol. The van der Waals surface area contributed by atoms with E-state index in [4.69, 9.17) is 19.9 Å². The van der Waals surface area contributed by atoms with Gasteiger partial charge in [0.25, 0.3) is 0 Å². The highest BCUT2D eigenvalue weighted by Gasteiger charge is 2.19. The number of benzene rings is 2. The molecule has 144 valence electrons. The van der Waals surface area contributed by atoms with Crippen LogP contribution in [0, 0.1) is 0 Å². The largest absolute Gasteiger partial charge is 0.493 e. The molecule has 5 heteroatoms. The van der Waals surface area contributed by atoms with Crippen LogP contribution in [0.3, 0.4) is 0 Å². The van der Waals surface area contributed by atoms with E-state index in [1.165, 1.54) is 6.42 Å². The van der Waals surface area contributed by atoms with Crippen molar-refractivity contribution >= 4 is 11.7 Å². The predicted octanol–water partition coefficient (Wildman–Crippen LogP) is 4.61. The number of ether oxygens (including phenoxy) is 3. The summed E-state index contributed by atoms with van der Waals surface area (Å²) in [5.74, 6) is 1.04. The lowest BCUT2D eigenvalue weighted by molar-refractivity contribution is 0.0210. The van der Waals surface area contributed by atoms with E-state index in [-0.39, 0.29) is 12.1 Å². The summed E-state index contributed by atoms with van der Waals surface area (Å²) in [6.45, 7) is 1.01. The summed E-state index contributed by atoms with van der Waals surface area (Å²) in [4.78, 5) is 12.4. The van der Waals surface area contributed by atoms with Gasteiger partial charge in [-0.25, -0.2) is 4.79 Å². The fraction of sp³-hybridized carbons (Fsp3) is 0.409. The molecule has 1 fully saturated rings. The van der Waals surface area contributed by atoms with Crippen LogP contribution in [0.25, 0.3) is 0 Å². The van der Waals surface area contributed by atoms with Crippen molar-refractivity contribution in [3.05, 3.63) is 54.1 Å². The van der Waals surface area contributed by atoms with Crippen molar-refractivity contribution in [1.82, 2.24) is 0 Å². The van der Waals surface area contributed by atoms with Crippen LogP contribution in [0.4, 0.5) is 5.69 Å². The van der Waals surface area contributed by atoms with Crippen LogP contribution < -0.4 is 15.2 Å². The first-order valence-electron chi connectivity index (χ1n) is 9.63. The summed E-state index contributed by atoms with van der Waals surface area (Å²) in [6.07, 6.45) is 6.12. The highest BCUT2D eigenvalue weighted by atomic mass is 16.5. The quantitative estimate of drug-likeness (QED) is 0.418. The molecule has 0 heterocycles. The molecule has 0 spiro atoms. The number of carbonyl (C=O) groups excluding carboxylic acids is 1. The van der Waals surface area contributed by atoms with E-state index < -0.39 is 0 Å². The maximum absolute atomic E-state index is 12.4. The first-order chi connectivity index (χ1) is 13.2. The molecule has 0 atom stereocenters. The minimum absolute atomic E-state index is 0.0308. The average molecular weight is 369 g/mol. The average Bonchev–Trinajstić information content (AvgIpc) is 2.70. The number of rotatable bonds is 8. The van der Waals surface area contributed by atoms with Crippen molar-refractivity contribution < 1.29 is 19.0 Å². The van der Waals surface area contributed by atoms with Crippen LogP contribution in [0.2, 0.25) is 0 Å². The van der Waals surface area contributed by atoms with Crippen molar-refractivity contribution in [2.75, 3.05) is 18.9 Å². The Hall–Kier alpha value is -2.69. The number of para-hydroxylation sites is 1. The Morgan fingerprint density at radius 3 is 2.48 bits per heavy atom. The summed E-state index contributed by atoms with van der Waals surface area (Å²) >= 11 is 0. The van der Waals surface area contributed by atoms with Gasteiger partial charge in [-0.05, 0) is 56.0 Å². The van der Waals surface area contributed by atoms with Gasteiger partial charge in [0.15, 0.2) is 0 Å². The number of esters is 1. The zero-order valence-corrected chi connectivity index (χ0v) is 15.6. The first-order valence-corrected chi connectivity index (χ1v) is 9.63. The van der Waals surface area contributed by atoms with Gasteiger partial charge in [-0.15, -0.1) is 0 Å². The van der Waals surface area contributed by atoms with Crippen LogP contribution in [-0.4, -0.2) is 25.3 Å². The Labute approximate surface area is 160 Å². The van der Waals surface area contributed by atoms with Gasteiger partial charge in [0, 0.05) is 6.42 Å². The first kappa shape index (κ1) is 19.1. The van der Waals surface area contributed by atoms with Crippen LogP contribution in [0.15, 0.2) is 48.5 Å². The lowest BCUT2D eigenvalue weighted by atomic mass is 9.98. The van der Waals surface area contributed by atoms with Crippen molar-refractivity contribution in [1.29, 1.82) is 0 Å². The molecule has 0 radical (unpaired) electrons. The van der Waals surface area contributed by atoms with Gasteiger partial charge in [-0.3, -0.25) is 0 Å². The Morgan fingerprint density at radius 2 is 1.70 bits per heavy atom. The molecule has 2 N–H and O–H groups in total. The van der Waals surface area contributed by atoms with Gasteiger partial charge in [0.05, 0.1) is 24.5 Å². The highest BCUT2D eigenvalue weighted by molar-refractivity contribution is 5.90. The van der Waals surface area contributed by atoms with E-state index in [1.54, 1.807) is 18.2 Å². The summed E-state index contributed by atoms with van der Waals surface area (Å²) < 4.78 is 17.0. The van der Waals surface area contributed by atoms with E-state index in [0.717, 1.165) is 31.4 Å². The lowest BCUT2D eigenvalue weighted by Crippen LogP contribution is -2.21. The summed E-state index contributed by atoms with van der Waals surface area (Å²) in [6, 6.07) is 14.7. The van der Waals surface area contributed by atoms with E-state index in [0.29, 0.717) is 36.6 Å². The third-order valence-corrected chi connectivity index (χ3v) is 4.63. The molecule has 27 heavy (non-hydrogen) atoms. The number of anilines is 1. The SMILES string of the molecule is Nc1ccc(C(=O)OC2CCCCC2)cc1OCCCOc1ccccc1. The van der Waals surface area contributed by atoms with Crippen molar-refractivity contribution in [2.45, 2.75) is 44.6 Å². The molecule has 2 aromatic carbocycles. The standard InChI is InChI=1S/C22H27NO4/c23-20-13-12-17(22(24)27-19-10-5-2-6-11-19)16-21(20)26-15-7-14-25-18-8-3-1-4-9-18/h1,3-4,8-9,12-13,16,19H,2,5-7,10-11,14-15,23H2. The molecule has 0 aliphatic heterocycles. The molecule has 0 unspecified atom stereocenters.